The predicted molar refractivity (Wildman–Crippen MR) is 139 cm³/mol. The number of carbonyl (C=O) groups is 2. The first-order valence-corrected chi connectivity index (χ1v) is 12.4. The lowest BCUT2D eigenvalue weighted by atomic mass is 9.95. The van der Waals surface area contributed by atoms with E-state index in [0.717, 1.165) is 11.1 Å². The Morgan fingerprint density at radius 1 is 0.944 bits per heavy atom. The summed E-state index contributed by atoms with van der Waals surface area (Å²) in [6, 6.07) is 17.6. The van der Waals surface area contributed by atoms with Gasteiger partial charge in [0.05, 0.1) is 25.9 Å². The van der Waals surface area contributed by atoms with Crippen LogP contribution < -0.4 is 19.5 Å². The van der Waals surface area contributed by atoms with Gasteiger partial charge in [-0.05, 0) is 56.7 Å². The van der Waals surface area contributed by atoms with Crippen LogP contribution in [0.1, 0.15) is 48.3 Å². The van der Waals surface area contributed by atoms with Crippen molar-refractivity contribution in [1.82, 2.24) is 4.90 Å². The predicted octanol–water partition coefficient (Wildman–Crippen LogP) is 5.72. The zero-order valence-electron chi connectivity index (χ0n) is 20.5. The quantitative estimate of drug-likeness (QED) is 0.421. The molecular formula is C28H29ClN2O5. The third-order valence-corrected chi connectivity index (χ3v) is 5.98. The van der Waals surface area contributed by atoms with Crippen molar-refractivity contribution in [2.75, 3.05) is 31.7 Å². The van der Waals surface area contributed by atoms with Crippen LogP contribution >= 0.6 is 11.6 Å². The van der Waals surface area contributed by atoms with E-state index in [9.17, 15) is 9.59 Å². The standard InChI is InChI=1S/C28H29ClN2O5/c1-4-34-23-14-19(15-24(35-5-2)27(23)36-6-3)28(33)31-17-25(32)30-22-13-12-20(29)16-21(22)26(31)18-10-8-7-9-11-18/h7-16,26H,4-6,17H2,1-3H3,(H,30,32)/t26-/m1/s1. The molecule has 7 nitrogen and oxygen atoms in total. The maximum Gasteiger partial charge on any atom is 0.255 e. The van der Waals surface area contributed by atoms with Crippen LogP contribution in [0.25, 0.3) is 0 Å². The van der Waals surface area contributed by atoms with Gasteiger partial charge in [0.25, 0.3) is 5.91 Å². The number of anilines is 1. The second-order valence-corrected chi connectivity index (χ2v) is 8.56. The smallest absolute Gasteiger partial charge is 0.255 e. The molecule has 0 unspecified atom stereocenters. The van der Waals surface area contributed by atoms with Gasteiger partial charge in [0.15, 0.2) is 11.5 Å². The number of hydrogen-bond acceptors (Lipinski definition) is 5. The van der Waals surface area contributed by atoms with E-state index in [4.69, 9.17) is 25.8 Å². The molecule has 1 aliphatic heterocycles. The maximum absolute atomic E-state index is 14.1. The minimum atomic E-state index is -0.552. The van der Waals surface area contributed by atoms with Crippen molar-refractivity contribution in [2.45, 2.75) is 26.8 Å². The summed E-state index contributed by atoms with van der Waals surface area (Å²) in [5.74, 6) is 0.617. The fourth-order valence-electron chi connectivity index (χ4n) is 4.34. The molecule has 8 heteroatoms. The Morgan fingerprint density at radius 2 is 1.58 bits per heavy atom. The molecule has 188 valence electrons. The average Bonchev–Trinajstić information content (AvgIpc) is 3.01. The lowest BCUT2D eigenvalue weighted by Crippen LogP contribution is -2.39. The number of carbonyl (C=O) groups excluding carboxylic acids is 2. The van der Waals surface area contributed by atoms with E-state index in [0.29, 0.717) is 53.3 Å². The topological polar surface area (TPSA) is 77.1 Å². The van der Waals surface area contributed by atoms with Gasteiger partial charge in [-0.15, -0.1) is 0 Å². The molecular weight excluding hydrogens is 480 g/mol. The number of nitrogens with one attached hydrogen (secondary N) is 1. The highest BCUT2D eigenvalue weighted by atomic mass is 35.5. The lowest BCUT2D eigenvalue weighted by Gasteiger charge is -2.31. The van der Waals surface area contributed by atoms with Gasteiger partial charge in [0.2, 0.25) is 11.7 Å². The van der Waals surface area contributed by atoms with Crippen molar-refractivity contribution in [3.05, 3.63) is 82.4 Å². The minimum absolute atomic E-state index is 0.147. The minimum Gasteiger partial charge on any atom is -0.490 e. The summed E-state index contributed by atoms with van der Waals surface area (Å²) in [5.41, 5.74) is 2.52. The van der Waals surface area contributed by atoms with Gasteiger partial charge in [-0.25, -0.2) is 0 Å². The fourth-order valence-corrected chi connectivity index (χ4v) is 4.52. The zero-order chi connectivity index (χ0) is 25.7. The first-order valence-electron chi connectivity index (χ1n) is 12.0. The van der Waals surface area contributed by atoms with Crippen LogP contribution in [-0.2, 0) is 4.79 Å². The summed E-state index contributed by atoms with van der Waals surface area (Å²) in [6.45, 7) is 6.61. The summed E-state index contributed by atoms with van der Waals surface area (Å²) in [5, 5.41) is 3.42. The van der Waals surface area contributed by atoms with Crippen molar-refractivity contribution in [1.29, 1.82) is 0 Å². The van der Waals surface area contributed by atoms with E-state index in [1.807, 2.05) is 51.1 Å². The van der Waals surface area contributed by atoms with E-state index in [1.54, 1.807) is 35.2 Å². The summed E-state index contributed by atoms with van der Waals surface area (Å²) in [6.07, 6.45) is 0. The van der Waals surface area contributed by atoms with Crippen molar-refractivity contribution < 1.29 is 23.8 Å². The Kier molecular flexibility index (Phi) is 8.00. The molecule has 4 rings (SSSR count). The van der Waals surface area contributed by atoms with Crippen LogP contribution in [0.15, 0.2) is 60.7 Å². The summed E-state index contributed by atoms with van der Waals surface area (Å²) in [7, 11) is 0. The maximum atomic E-state index is 14.1. The summed E-state index contributed by atoms with van der Waals surface area (Å²) >= 11 is 6.36. The molecule has 0 bridgehead atoms. The van der Waals surface area contributed by atoms with Crippen LogP contribution in [0.4, 0.5) is 5.69 Å². The van der Waals surface area contributed by atoms with Crippen LogP contribution in [0, 0.1) is 0 Å². The molecule has 1 heterocycles. The molecule has 0 aromatic heterocycles. The SMILES string of the molecule is CCOc1cc(C(=O)N2CC(=O)Nc3ccc(Cl)cc3[C@H]2c2ccccc2)cc(OCC)c1OCC. The van der Waals surface area contributed by atoms with E-state index in [-0.39, 0.29) is 18.4 Å². The summed E-state index contributed by atoms with van der Waals surface area (Å²) < 4.78 is 17.4. The Bertz CT molecular complexity index is 1220. The highest BCUT2D eigenvalue weighted by Crippen LogP contribution is 2.42. The molecule has 3 aromatic rings. The fraction of sp³-hybridized carbons (Fsp3) is 0.286. The molecule has 3 aromatic carbocycles. The first-order chi connectivity index (χ1) is 17.5. The van der Waals surface area contributed by atoms with Crippen molar-refractivity contribution in [3.8, 4) is 17.2 Å². The van der Waals surface area contributed by atoms with Crippen molar-refractivity contribution in [2.24, 2.45) is 0 Å². The molecule has 0 radical (unpaired) electrons. The van der Waals surface area contributed by atoms with Crippen molar-refractivity contribution in [3.63, 3.8) is 0 Å². The normalized spacial score (nSPS) is 14.9. The largest absolute Gasteiger partial charge is 0.490 e. The van der Waals surface area contributed by atoms with Crippen LogP contribution in [-0.4, -0.2) is 43.1 Å². The van der Waals surface area contributed by atoms with E-state index in [1.165, 1.54) is 0 Å². The van der Waals surface area contributed by atoms with Crippen molar-refractivity contribution >= 4 is 29.1 Å². The monoisotopic (exact) mass is 508 g/mol. The summed E-state index contributed by atoms with van der Waals surface area (Å²) in [4.78, 5) is 28.6. The molecule has 0 aliphatic carbocycles. The second-order valence-electron chi connectivity index (χ2n) is 8.13. The highest BCUT2D eigenvalue weighted by Gasteiger charge is 2.35. The number of halogens is 1. The van der Waals surface area contributed by atoms with Gasteiger partial charge in [-0.1, -0.05) is 41.9 Å². The number of hydrogen-bond donors (Lipinski definition) is 1. The molecule has 0 saturated heterocycles. The molecule has 2 amide bonds. The molecule has 1 N–H and O–H groups in total. The molecule has 1 atom stereocenters. The van der Waals surface area contributed by atoms with Gasteiger partial charge in [-0.2, -0.15) is 0 Å². The molecule has 0 fully saturated rings. The number of ether oxygens (including phenoxy) is 3. The molecule has 0 saturated carbocycles. The second kappa shape index (κ2) is 11.4. The van der Waals surface area contributed by atoms with Gasteiger partial charge in [0, 0.05) is 21.8 Å². The van der Waals surface area contributed by atoms with E-state index >= 15 is 0 Å². The van der Waals surface area contributed by atoms with Crippen LogP contribution in [0.5, 0.6) is 17.2 Å². The Morgan fingerprint density at radius 3 is 2.19 bits per heavy atom. The Balaban J connectivity index is 1.87. The number of fused-ring (bicyclic) bond motifs is 1. The molecule has 1 aliphatic rings. The number of amides is 2. The number of rotatable bonds is 8. The number of nitrogens with zero attached hydrogens (tertiary/aromatic N) is 1. The third kappa shape index (κ3) is 5.26. The lowest BCUT2D eigenvalue weighted by molar-refractivity contribution is -0.117. The zero-order valence-corrected chi connectivity index (χ0v) is 21.3. The Labute approximate surface area is 215 Å². The van der Waals surface area contributed by atoms with Gasteiger partial charge < -0.3 is 24.4 Å². The molecule has 36 heavy (non-hydrogen) atoms. The Hall–Kier alpha value is -3.71. The van der Waals surface area contributed by atoms with Crippen LogP contribution in [0.2, 0.25) is 5.02 Å². The third-order valence-electron chi connectivity index (χ3n) is 5.74. The van der Waals surface area contributed by atoms with E-state index in [2.05, 4.69) is 5.32 Å². The van der Waals surface area contributed by atoms with Gasteiger partial charge >= 0.3 is 0 Å². The van der Waals surface area contributed by atoms with Gasteiger partial charge in [-0.3, -0.25) is 9.59 Å². The number of benzene rings is 3. The van der Waals surface area contributed by atoms with Crippen LogP contribution in [0.3, 0.4) is 0 Å². The highest BCUT2D eigenvalue weighted by molar-refractivity contribution is 6.30. The first kappa shape index (κ1) is 25.4. The average molecular weight is 509 g/mol. The molecule has 0 spiro atoms. The van der Waals surface area contributed by atoms with Gasteiger partial charge in [0.1, 0.15) is 6.54 Å². The van der Waals surface area contributed by atoms with E-state index < -0.39 is 6.04 Å².